The first kappa shape index (κ1) is 21.5. The van der Waals surface area contributed by atoms with E-state index < -0.39 is 5.97 Å². The number of para-hydroxylation sites is 2. The van der Waals surface area contributed by atoms with Crippen molar-refractivity contribution in [2.45, 2.75) is 13.3 Å². The van der Waals surface area contributed by atoms with Crippen LogP contribution >= 0.6 is 0 Å². The molecule has 0 aliphatic carbocycles. The van der Waals surface area contributed by atoms with E-state index in [4.69, 9.17) is 14.2 Å². The molecule has 1 aliphatic rings. The molecule has 1 aliphatic heterocycles. The van der Waals surface area contributed by atoms with Crippen molar-refractivity contribution in [2.24, 2.45) is 0 Å². The predicted molar refractivity (Wildman–Crippen MR) is 130 cm³/mol. The van der Waals surface area contributed by atoms with E-state index in [-0.39, 0.29) is 12.0 Å². The monoisotopic (exact) mass is 453 g/mol. The maximum atomic E-state index is 13.4. The normalized spacial score (nSPS) is 12.4. The smallest absolute Gasteiger partial charge is 0.344 e. The number of fused-ring (bicyclic) bond motifs is 2. The van der Waals surface area contributed by atoms with Gasteiger partial charge in [-0.1, -0.05) is 36.4 Å². The van der Waals surface area contributed by atoms with Crippen molar-refractivity contribution in [3.05, 3.63) is 106 Å². The SMILES string of the molecule is CCOC(=O)COc1ccc2c(c1)OC(c1cn(-c3ccccc3)c3ccccc3c1=O)=CC2. The second kappa shape index (κ2) is 9.27. The van der Waals surface area contributed by atoms with Crippen LogP contribution in [0.3, 0.4) is 0 Å². The van der Waals surface area contributed by atoms with Gasteiger partial charge in [0, 0.05) is 23.3 Å². The Hall–Kier alpha value is -4.32. The van der Waals surface area contributed by atoms with E-state index >= 15 is 0 Å². The molecule has 0 atom stereocenters. The number of aromatic nitrogens is 1. The summed E-state index contributed by atoms with van der Waals surface area (Å²) in [5.74, 6) is 1.15. The molecule has 5 rings (SSSR count). The largest absolute Gasteiger partial charge is 0.482 e. The summed E-state index contributed by atoms with van der Waals surface area (Å²) in [7, 11) is 0. The molecule has 0 unspecified atom stereocenters. The number of nitrogens with zero attached hydrogens (tertiary/aromatic N) is 1. The van der Waals surface area contributed by atoms with E-state index in [1.165, 1.54) is 0 Å². The van der Waals surface area contributed by atoms with Gasteiger partial charge >= 0.3 is 5.97 Å². The maximum Gasteiger partial charge on any atom is 0.344 e. The van der Waals surface area contributed by atoms with Crippen LogP contribution in [0.15, 0.2) is 89.9 Å². The third-order valence-corrected chi connectivity index (χ3v) is 5.64. The summed E-state index contributed by atoms with van der Waals surface area (Å²) < 4.78 is 18.6. The Balaban J connectivity index is 1.51. The average Bonchev–Trinajstić information content (AvgIpc) is 2.88. The van der Waals surface area contributed by atoms with E-state index in [1.807, 2.05) is 77.5 Å². The van der Waals surface area contributed by atoms with Crippen LogP contribution < -0.4 is 14.9 Å². The Bertz CT molecular complexity index is 1450. The average molecular weight is 453 g/mol. The van der Waals surface area contributed by atoms with Crippen LogP contribution in [0, 0.1) is 0 Å². The molecule has 170 valence electrons. The number of carbonyl (C=O) groups excluding carboxylic acids is 1. The summed E-state index contributed by atoms with van der Waals surface area (Å²) >= 11 is 0. The van der Waals surface area contributed by atoms with Crippen molar-refractivity contribution in [3.8, 4) is 17.2 Å². The lowest BCUT2D eigenvalue weighted by atomic mass is 10.0. The number of carbonyl (C=O) groups is 1. The molecule has 1 aromatic heterocycles. The Morgan fingerprint density at radius 3 is 2.65 bits per heavy atom. The number of ether oxygens (including phenoxy) is 3. The molecule has 0 saturated carbocycles. The second-order valence-corrected chi connectivity index (χ2v) is 7.83. The molecule has 0 saturated heterocycles. The van der Waals surface area contributed by atoms with Crippen molar-refractivity contribution in [1.82, 2.24) is 4.57 Å². The fraction of sp³-hybridized carbons (Fsp3) is 0.143. The fourth-order valence-electron chi connectivity index (χ4n) is 4.02. The number of rotatable bonds is 6. The zero-order chi connectivity index (χ0) is 23.5. The summed E-state index contributed by atoms with van der Waals surface area (Å²) in [6, 6.07) is 22.9. The molecule has 6 heteroatoms. The van der Waals surface area contributed by atoms with Gasteiger partial charge in [-0.25, -0.2) is 4.79 Å². The van der Waals surface area contributed by atoms with Gasteiger partial charge in [-0.15, -0.1) is 0 Å². The Kier molecular flexibility index (Phi) is 5.87. The highest BCUT2D eigenvalue weighted by Gasteiger charge is 2.20. The number of esters is 1. The molecule has 0 N–H and O–H groups in total. The first-order valence-corrected chi connectivity index (χ1v) is 11.1. The van der Waals surface area contributed by atoms with E-state index in [9.17, 15) is 9.59 Å². The van der Waals surface area contributed by atoms with Crippen LogP contribution in [0.25, 0.3) is 22.3 Å². The minimum absolute atomic E-state index is 0.0906. The standard InChI is InChI=1S/C28H23NO5/c1-2-32-27(30)18-33-21-14-12-19-13-15-25(34-26(19)16-21)23-17-29(20-8-4-3-5-9-20)24-11-7-6-10-22(24)28(23)31/h3-12,14-17H,2,13,18H2,1H3. The maximum absolute atomic E-state index is 13.4. The first-order chi connectivity index (χ1) is 16.6. The second-order valence-electron chi connectivity index (χ2n) is 7.83. The van der Waals surface area contributed by atoms with Crippen molar-refractivity contribution in [3.63, 3.8) is 0 Å². The summed E-state index contributed by atoms with van der Waals surface area (Å²) in [6.07, 6.45) is 4.36. The number of pyridine rings is 1. The van der Waals surface area contributed by atoms with Gasteiger partial charge in [-0.3, -0.25) is 4.79 Å². The van der Waals surface area contributed by atoms with Crippen LogP contribution in [0.5, 0.6) is 11.5 Å². The Morgan fingerprint density at radius 2 is 1.82 bits per heavy atom. The zero-order valence-corrected chi connectivity index (χ0v) is 18.7. The highest BCUT2D eigenvalue weighted by Crippen LogP contribution is 2.33. The molecule has 0 bridgehead atoms. The van der Waals surface area contributed by atoms with Gasteiger partial charge in [0.15, 0.2) is 12.0 Å². The van der Waals surface area contributed by atoms with Crippen molar-refractivity contribution in [1.29, 1.82) is 0 Å². The van der Waals surface area contributed by atoms with Gasteiger partial charge in [0.25, 0.3) is 0 Å². The summed E-state index contributed by atoms with van der Waals surface area (Å²) in [5, 5.41) is 0.616. The van der Waals surface area contributed by atoms with Crippen LogP contribution in [0.1, 0.15) is 18.1 Å². The fourth-order valence-corrected chi connectivity index (χ4v) is 4.02. The Morgan fingerprint density at radius 1 is 1.03 bits per heavy atom. The molecule has 4 aromatic rings. The van der Waals surface area contributed by atoms with Crippen LogP contribution in [-0.4, -0.2) is 23.8 Å². The molecule has 2 heterocycles. The summed E-state index contributed by atoms with van der Waals surface area (Å²) in [5.41, 5.74) is 3.13. The van der Waals surface area contributed by atoms with Gasteiger partial charge in [-0.05, 0) is 55.3 Å². The van der Waals surface area contributed by atoms with Gasteiger partial charge in [0.05, 0.1) is 17.7 Å². The molecule has 3 aromatic carbocycles. The number of hydrogen-bond acceptors (Lipinski definition) is 5. The predicted octanol–water partition coefficient (Wildman–Crippen LogP) is 4.91. The van der Waals surface area contributed by atoms with Crippen LogP contribution in [0.2, 0.25) is 0 Å². The highest BCUT2D eigenvalue weighted by atomic mass is 16.6. The molecule has 0 amide bonds. The number of benzene rings is 3. The van der Waals surface area contributed by atoms with E-state index in [1.54, 1.807) is 19.1 Å². The summed E-state index contributed by atoms with van der Waals surface area (Å²) in [4.78, 5) is 25.0. The van der Waals surface area contributed by atoms with Gasteiger partial charge < -0.3 is 18.8 Å². The van der Waals surface area contributed by atoms with E-state index in [0.29, 0.717) is 41.2 Å². The molecule has 34 heavy (non-hydrogen) atoms. The van der Waals surface area contributed by atoms with Gasteiger partial charge in [0.2, 0.25) is 0 Å². The highest BCUT2D eigenvalue weighted by molar-refractivity contribution is 5.84. The third-order valence-electron chi connectivity index (χ3n) is 5.64. The minimum Gasteiger partial charge on any atom is -0.482 e. The third kappa shape index (κ3) is 4.18. The molecule has 0 radical (unpaired) electrons. The molecular weight excluding hydrogens is 430 g/mol. The van der Waals surface area contributed by atoms with Crippen LogP contribution in [-0.2, 0) is 16.0 Å². The van der Waals surface area contributed by atoms with Crippen molar-refractivity contribution < 1.29 is 19.0 Å². The topological polar surface area (TPSA) is 66.8 Å². The van der Waals surface area contributed by atoms with Crippen molar-refractivity contribution >= 4 is 22.6 Å². The quantitative estimate of drug-likeness (QED) is 0.388. The molecule has 0 spiro atoms. The number of hydrogen-bond donors (Lipinski definition) is 0. The first-order valence-electron chi connectivity index (χ1n) is 11.1. The van der Waals surface area contributed by atoms with Gasteiger partial charge in [0.1, 0.15) is 17.3 Å². The lowest BCUT2D eigenvalue weighted by Gasteiger charge is -2.20. The number of allylic oxidation sites excluding steroid dienone is 1. The van der Waals surface area contributed by atoms with Crippen LogP contribution in [0.4, 0.5) is 0 Å². The van der Waals surface area contributed by atoms with Gasteiger partial charge in [-0.2, -0.15) is 0 Å². The lowest BCUT2D eigenvalue weighted by molar-refractivity contribution is -0.145. The minimum atomic E-state index is -0.431. The molecular formula is C28H23NO5. The van der Waals surface area contributed by atoms with Crippen molar-refractivity contribution in [2.75, 3.05) is 13.2 Å². The zero-order valence-electron chi connectivity index (χ0n) is 18.7. The molecule has 6 nitrogen and oxygen atoms in total. The lowest BCUT2D eigenvalue weighted by Crippen LogP contribution is -2.17. The summed E-state index contributed by atoms with van der Waals surface area (Å²) in [6.45, 7) is 1.87. The Labute approximate surface area is 196 Å². The molecule has 0 fully saturated rings. The van der Waals surface area contributed by atoms with E-state index in [0.717, 1.165) is 16.8 Å². The van der Waals surface area contributed by atoms with E-state index in [2.05, 4.69) is 0 Å².